The number of rotatable bonds is 4. The maximum absolute atomic E-state index is 12.5. The molecule has 0 aliphatic heterocycles. The summed E-state index contributed by atoms with van der Waals surface area (Å²) in [6, 6.07) is 1.43. The quantitative estimate of drug-likeness (QED) is 0.756. The Morgan fingerprint density at radius 3 is 2.79 bits per heavy atom. The van der Waals surface area contributed by atoms with Gasteiger partial charge in [0.05, 0.1) is 6.26 Å². The Hall–Kier alpha value is -1.65. The standard InChI is InChI=1S/C9H9F2NO2/c1-2-7(13)12-8(9(10)11)6-4-3-5-14-6/h2-5,8-9H,1H2,(H,12,13)/t8-/m0/s1. The molecule has 14 heavy (non-hydrogen) atoms. The van der Waals surface area contributed by atoms with Crippen LogP contribution in [0.25, 0.3) is 0 Å². The monoisotopic (exact) mass is 201 g/mol. The van der Waals surface area contributed by atoms with Crippen molar-refractivity contribution in [2.45, 2.75) is 12.5 Å². The third kappa shape index (κ3) is 2.42. The first-order chi connectivity index (χ1) is 6.65. The Balaban J connectivity index is 2.75. The van der Waals surface area contributed by atoms with Crippen molar-refractivity contribution in [1.82, 2.24) is 5.32 Å². The van der Waals surface area contributed by atoms with Crippen molar-refractivity contribution in [3.05, 3.63) is 36.8 Å². The first kappa shape index (κ1) is 10.4. The van der Waals surface area contributed by atoms with Gasteiger partial charge in [-0.3, -0.25) is 4.79 Å². The highest BCUT2D eigenvalue weighted by molar-refractivity contribution is 5.87. The van der Waals surface area contributed by atoms with Crippen LogP contribution in [0.5, 0.6) is 0 Å². The molecule has 1 amide bonds. The lowest BCUT2D eigenvalue weighted by atomic mass is 10.2. The van der Waals surface area contributed by atoms with E-state index in [1.165, 1.54) is 18.4 Å². The molecule has 0 unspecified atom stereocenters. The number of halogens is 2. The van der Waals surface area contributed by atoms with Crippen LogP contribution in [0.1, 0.15) is 11.8 Å². The molecule has 1 rings (SSSR count). The van der Waals surface area contributed by atoms with Gasteiger partial charge in [-0.25, -0.2) is 8.78 Å². The molecule has 0 radical (unpaired) electrons. The largest absolute Gasteiger partial charge is 0.467 e. The summed E-state index contributed by atoms with van der Waals surface area (Å²) in [5.74, 6) is -0.637. The van der Waals surface area contributed by atoms with Gasteiger partial charge < -0.3 is 9.73 Å². The number of furan rings is 1. The maximum Gasteiger partial charge on any atom is 0.265 e. The topological polar surface area (TPSA) is 42.2 Å². The van der Waals surface area contributed by atoms with Gasteiger partial charge in [-0.1, -0.05) is 6.58 Å². The molecule has 1 N–H and O–H groups in total. The molecular weight excluding hydrogens is 192 g/mol. The molecule has 0 aliphatic rings. The van der Waals surface area contributed by atoms with Crippen LogP contribution >= 0.6 is 0 Å². The molecule has 76 valence electrons. The van der Waals surface area contributed by atoms with Gasteiger partial charge >= 0.3 is 0 Å². The Bertz CT molecular complexity index is 309. The summed E-state index contributed by atoms with van der Waals surface area (Å²) in [6.45, 7) is 3.17. The van der Waals surface area contributed by atoms with Gasteiger partial charge in [0, 0.05) is 0 Å². The van der Waals surface area contributed by atoms with Crippen LogP contribution in [0.3, 0.4) is 0 Å². The minimum atomic E-state index is -2.72. The fourth-order valence-electron chi connectivity index (χ4n) is 0.939. The molecule has 3 nitrogen and oxygen atoms in total. The fourth-order valence-corrected chi connectivity index (χ4v) is 0.939. The third-order valence-electron chi connectivity index (χ3n) is 1.58. The number of carbonyl (C=O) groups excluding carboxylic acids is 1. The Morgan fingerprint density at radius 1 is 1.64 bits per heavy atom. The highest BCUT2D eigenvalue weighted by atomic mass is 19.3. The highest BCUT2D eigenvalue weighted by Gasteiger charge is 2.25. The average molecular weight is 201 g/mol. The predicted molar refractivity (Wildman–Crippen MR) is 45.8 cm³/mol. The van der Waals surface area contributed by atoms with Crippen molar-refractivity contribution >= 4 is 5.91 Å². The van der Waals surface area contributed by atoms with E-state index in [1.54, 1.807) is 0 Å². The zero-order valence-electron chi connectivity index (χ0n) is 7.24. The molecule has 0 fully saturated rings. The normalized spacial score (nSPS) is 12.5. The minimum Gasteiger partial charge on any atom is -0.467 e. The Labute approximate surface area is 79.4 Å². The van der Waals surface area contributed by atoms with E-state index in [9.17, 15) is 13.6 Å². The number of hydrogen-bond donors (Lipinski definition) is 1. The molecule has 0 spiro atoms. The fraction of sp³-hybridized carbons (Fsp3) is 0.222. The molecule has 0 saturated heterocycles. The van der Waals surface area contributed by atoms with Crippen LogP contribution in [0.2, 0.25) is 0 Å². The van der Waals surface area contributed by atoms with Crippen LogP contribution in [0.4, 0.5) is 8.78 Å². The molecule has 5 heteroatoms. The van der Waals surface area contributed by atoms with E-state index in [-0.39, 0.29) is 5.76 Å². The van der Waals surface area contributed by atoms with Gasteiger partial charge in [0.2, 0.25) is 5.91 Å². The second-order valence-corrected chi connectivity index (χ2v) is 2.54. The van der Waals surface area contributed by atoms with Crippen molar-refractivity contribution in [2.24, 2.45) is 0 Å². The number of amides is 1. The third-order valence-corrected chi connectivity index (χ3v) is 1.58. The summed E-state index contributed by atoms with van der Waals surface area (Å²) in [5, 5.41) is 2.07. The summed E-state index contributed by atoms with van der Waals surface area (Å²) in [4.78, 5) is 10.8. The first-order valence-electron chi connectivity index (χ1n) is 3.89. The zero-order chi connectivity index (χ0) is 10.6. The lowest BCUT2D eigenvalue weighted by Gasteiger charge is -2.13. The van der Waals surface area contributed by atoms with Crippen molar-refractivity contribution in [3.63, 3.8) is 0 Å². The van der Waals surface area contributed by atoms with E-state index >= 15 is 0 Å². The van der Waals surface area contributed by atoms with Crippen LogP contribution in [0, 0.1) is 0 Å². The number of hydrogen-bond acceptors (Lipinski definition) is 2. The second kappa shape index (κ2) is 4.55. The molecule has 1 heterocycles. The van der Waals surface area contributed by atoms with Crippen LogP contribution in [0.15, 0.2) is 35.5 Å². The molecule has 0 aromatic carbocycles. The Morgan fingerprint density at radius 2 is 2.36 bits per heavy atom. The summed E-state index contributed by atoms with van der Waals surface area (Å²) >= 11 is 0. The lowest BCUT2D eigenvalue weighted by molar-refractivity contribution is -0.118. The lowest BCUT2D eigenvalue weighted by Crippen LogP contribution is -2.31. The van der Waals surface area contributed by atoms with Crippen molar-refractivity contribution in [1.29, 1.82) is 0 Å². The summed E-state index contributed by atoms with van der Waals surface area (Å²) < 4.78 is 29.7. The van der Waals surface area contributed by atoms with E-state index in [4.69, 9.17) is 4.42 Å². The molecule has 0 aliphatic carbocycles. The predicted octanol–water partition coefficient (Wildman–Crippen LogP) is 1.89. The highest BCUT2D eigenvalue weighted by Crippen LogP contribution is 2.20. The van der Waals surface area contributed by atoms with Crippen molar-refractivity contribution in [3.8, 4) is 0 Å². The van der Waals surface area contributed by atoms with E-state index in [1.807, 2.05) is 0 Å². The zero-order valence-corrected chi connectivity index (χ0v) is 7.24. The summed E-state index contributed by atoms with van der Waals surface area (Å²) in [6.07, 6.45) is -0.520. The Kier molecular flexibility index (Phi) is 3.39. The van der Waals surface area contributed by atoms with Crippen LogP contribution < -0.4 is 5.32 Å². The van der Waals surface area contributed by atoms with E-state index in [0.29, 0.717) is 0 Å². The second-order valence-electron chi connectivity index (χ2n) is 2.54. The average Bonchev–Trinajstić information content (AvgIpc) is 2.65. The maximum atomic E-state index is 12.5. The summed E-state index contributed by atoms with van der Waals surface area (Å²) in [7, 11) is 0. The molecule has 1 aromatic heterocycles. The van der Waals surface area contributed by atoms with Crippen LogP contribution in [-0.2, 0) is 4.79 Å². The van der Waals surface area contributed by atoms with Crippen LogP contribution in [-0.4, -0.2) is 12.3 Å². The molecule has 1 atom stereocenters. The molecule has 0 bridgehead atoms. The smallest absolute Gasteiger partial charge is 0.265 e. The van der Waals surface area contributed by atoms with E-state index in [0.717, 1.165) is 6.08 Å². The van der Waals surface area contributed by atoms with Gasteiger partial charge in [0.25, 0.3) is 6.43 Å². The van der Waals surface area contributed by atoms with Gasteiger partial charge in [-0.2, -0.15) is 0 Å². The van der Waals surface area contributed by atoms with E-state index in [2.05, 4.69) is 11.9 Å². The SMILES string of the molecule is C=CC(=O)N[C@@H](c1ccco1)C(F)F. The van der Waals surface area contributed by atoms with Gasteiger partial charge in [-0.15, -0.1) is 0 Å². The molecule has 0 saturated carbocycles. The van der Waals surface area contributed by atoms with Gasteiger partial charge in [-0.05, 0) is 18.2 Å². The van der Waals surface area contributed by atoms with Gasteiger partial charge in [0.1, 0.15) is 11.8 Å². The van der Waals surface area contributed by atoms with Gasteiger partial charge in [0.15, 0.2) is 0 Å². The number of nitrogens with one attached hydrogen (secondary N) is 1. The number of alkyl halides is 2. The van der Waals surface area contributed by atoms with Crippen molar-refractivity contribution < 1.29 is 18.0 Å². The van der Waals surface area contributed by atoms with Crippen molar-refractivity contribution in [2.75, 3.05) is 0 Å². The first-order valence-corrected chi connectivity index (χ1v) is 3.89. The molecular formula is C9H9F2NO2. The minimum absolute atomic E-state index is 0.0233. The van der Waals surface area contributed by atoms with E-state index < -0.39 is 18.4 Å². The molecule has 1 aromatic rings. The number of carbonyl (C=O) groups is 1. The summed E-state index contributed by atoms with van der Waals surface area (Å²) in [5.41, 5.74) is 0.